The van der Waals surface area contributed by atoms with Crippen molar-refractivity contribution in [2.75, 3.05) is 24.7 Å². The lowest BCUT2D eigenvalue weighted by atomic mass is 10.1. The monoisotopic (exact) mass is 187 g/mol. The third kappa shape index (κ3) is 2.38. The van der Waals surface area contributed by atoms with E-state index in [0.29, 0.717) is 0 Å². The lowest BCUT2D eigenvalue weighted by Crippen LogP contribution is -2.46. The molecule has 0 aromatic rings. The van der Waals surface area contributed by atoms with Gasteiger partial charge in [0.2, 0.25) is 0 Å². The lowest BCUT2D eigenvalue weighted by Gasteiger charge is -2.30. The van der Waals surface area contributed by atoms with Gasteiger partial charge in [0.1, 0.15) is 0 Å². The Morgan fingerprint density at radius 3 is 2.75 bits per heavy atom. The molecular formula is C9H17NOS. The lowest BCUT2D eigenvalue weighted by molar-refractivity contribution is 0.142. The predicted molar refractivity (Wildman–Crippen MR) is 52.7 cm³/mol. The van der Waals surface area contributed by atoms with Crippen LogP contribution in [-0.4, -0.2) is 36.8 Å². The molecule has 1 atom stereocenters. The van der Waals surface area contributed by atoms with Crippen molar-refractivity contribution in [3.8, 4) is 0 Å². The maximum Gasteiger partial charge on any atom is 0.0480 e. The summed E-state index contributed by atoms with van der Waals surface area (Å²) < 4.78 is 5.41. The Kier molecular flexibility index (Phi) is 3.31. The van der Waals surface area contributed by atoms with Crippen LogP contribution in [0.5, 0.6) is 0 Å². The zero-order valence-corrected chi connectivity index (χ0v) is 8.24. The topological polar surface area (TPSA) is 21.3 Å². The fourth-order valence-corrected chi connectivity index (χ4v) is 2.40. The van der Waals surface area contributed by atoms with E-state index in [-0.39, 0.29) is 0 Å². The molecule has 0 spiro atoms. The first-order valence-electron chi connectivity index (χ1n) is 4.87. The van der Waals surface area contributed by atoms with Gasteiger partial charge >= 0.3 is 0 Å². The Bertz CT molecular complexity index is 130. The minimum absolute atomic E-state index is 0.735. The molecule has 0 aliphatic carbocycles. The molecule has 0 amide bonds. The molecule has 2 rings (SSSR count). The number of thioether (sulfide) groups is 1. The first kappa shape index (κ1) is 8.85. The van der Waals surface area contributed by atoms with Gasteiger partial charge in [-0.1, -0.05) is 0 Å². The smallest absolute Gasteiger partial charge is 0.0480 e. The average Bonchev–Trinajstić information content (AvgIpc) is 2.24. The molecular weight excluding hydrogens is 170 g/mol. The summed E-state index contributed by atoms with van der Waals surface area (Å²) in [6.07, 6.45) is 3.75. The Morgan fingerprint density at radius 1 is 1.08 bits per heavy atom. The number of ether oxygens (including phenoxy) is 1. The van der Waals surface area contributed by atoms with Crippen LogP contribution in [0.25, 0.3) is 0 Å². The van der Waals surface area contributed by atoms with E-state index < -0.39 is 0 Å². The summed E-state index contributed by atoms with van der Waals surface area (Å²) in [7, 11) is 0. The highest BCUT2D eigenvalue weighted by atomic mass is 32.2. The Morgan fingerprint density at radius 2 is 2.00 bits per heavy atom. The van der Waals surface area contributed by atoms with Gasteiger partial charge in [-0.05, 0) is 19.3 Å². The maximum atomic E-state index is 5.41. The zero-order chi connectivity index (χ0) is 8.23. The van der Waals surface area contributed by atoms with Crippen LogP contribution in [0.15, 0.2) is 0 Å². The highest BCUT2D eigenvalue weighted by Gasteiger charge is 2.22. The quantitative estimate of drug-likeness (QED) is 0.703. The van der Waals surface area contributed by atoms with Crippen LogP contribution < -0.4 is 5.32 Å². The van der Waals surface area contributed by atoms with Crippen LogP contribution in [0.3, 0.4) is 0 Å². The molecule has 2 nitrogen and oxygen atoms in total. The minimum Gasteiger partial charge on any atom is -0.381 e. The largest absolute Gasteiger partial charge is 0.381 e. The van der Waals surface area contributed by atoms with Crippen molar-refractivity contribution in [3.63, 3.8) is 0 Å². The van der Waals surface area contributed by atoms with Gasteiger partial charge in [-0.2, -0.15) is 11.8 Å². The first-order chi connectivity index (χ1) is 5.95. The molecule has 2 aliphatic rings. The Hall–Kier alpha value is 0.270. The van der Waals surface area contributed by atoms with E-state index in [0.717, 1.165) is 25.3 Å². The van der Waals surface area contributed by atoms with Gasteiger partial charge < -0.3 is 10.1 Å². The fraction of sp³-hybridized carbons (Fsp3) is 1.00. The van der Waals surface area contributed by atoms with Crippen molar-refractivity contribution >= 4 is 11.8 Å². The van der Waals surface area contributed by atoms with Gasteiger partial charge in [-0.25, -0.2) is 0 Å². The van der Waals surface area contributed by atoms with Gasteiger partial charge in [0, 0.05) is 36.8 Å². The second kappa shape index (κ2) is 4.49. The van der Waals surface area contributed by atoms with E-state index in [2.05, 4.69) is 5.32 Å². The number of hydrogen-bond donors (Lipinski definition) is 1. The van der Waals surface area contributed by atoms with Gasteiger partial charge in [-0.15, -0.1) is 0 Å². The summed E-state index contributed by atoms with van der Waals surface area (Å²) in [5, 5.41) is 3.69. The third-order valence-corrected chi connectivity index (χ3v) is 3.84. The summed E-state index contributed by atoms with van der Waals surface area (Å²) >= 11 is 2.05. The SMILES string of the molecule is C1COCCC(NC2CSC2)C1. The van der Waals surface area contributed by atoms with Crippen molar-refractivity contribution in [2.24, 2.45) is 0 Å². The minimum atomic E-state index is 0.735. The second-order valence-corrected chi connectivity index (χ2v) is 4.72. The van der Waals surface area contributed by atoms with Crippen molar-refractivity contribution < 1.29 is 4.74 Å². The normalized spacial score (nSPS) is 32.5. The summed E-state index contributed by atoms with van der Waals surface area (Å²) in [6.45, 7) is 1.93. The van der Waals surface area contributed by atoms with E-state index in [4.69, 9.17) is 4.74 Å². The first-order valence-corrected chi connectivity index (χ1v) is 6.02. The van der Waals surface area contributed by atoms with Crippen LogP contribution in [0, 0.1) is 0 Å². The Balaban J connectivity index is 1.69. The van der Waals surface area contributed by atoms with Crippen LogP contribution in [0.4, 0.5) is 0 Å². The molecule has 1 N–H and O–H groups in total. The van der Waals surface area contributed by atoms with Crippen LogP contribution in [0.2, 0.25) is 0 Å². The number of nitrogens with one attached hydrogen (secondary N) is 1. The molecule has 2 heterocycles. The van der Waals surface area contributed by atoms with Gasteiger partial charge in [-0.3, -0.25) is 0 Å². The maximum absolute atomic E-state index is 5.41. The molecule has 3 heteroatoms. The molecule has 0 aromatic carbocycles. The van der Waals surface area contributed by atoms with Gasteiger partial charge in [0.25, 0.3) is 0 Å². The highest BCUT2D eigenvalue weighted by Crippen LogP contribution is 2.19. The van der Waals surface area contributed by atoms with Crippen LogP contribution in [0.1, 0.15) is 19.3 Å². The zero-order valence-electron chi connectivity index (χ0n) is 7.42. The van der Waals surface area contributed by atoms with E-state index in [1.807, 2.05) is 11.8 Å². The molecule has 2 saturated heterocycles. The highest BCUT2D eigenvalue weighted by molar-refractivity contribution is 8.00. The molecule has 2 aliphatic heterocycles. The number of rotatable bonds is 2. The molecule has 12 heavy (non-hydrogen) atoms. The molecule has 0 saturated carbocycles. The van der Waals surface area contributed by atoms with E-state index in [9.17, 15) is 0 Å². The van der Waals surface area contributed by atoms with Gasteiger partial charge in [0.05, 0.1) is 0 Å². The molecule has 70 valence electrons. The summed E-state index contributed by atoms with van der Waals surface area (Å²) in [4.78, 5) is 0. The molecule has 1 unspecified atom stereocenters. The fourth-order valence-electron chi connectivity index (χ4n) is 1.74. The van der Waals surface area contributed by atoms with Gasteiger partial charge in [0.15, 0.2) is 0 Å². The third-order valence-electron chi connectivity index (χ3n) is 2.56. The summed E-state index contributed by atoms with van der Waals surface area (Å²) in [6, 6.07) is 1.54. The van der Waals surface area contributed by atoms with Crippen LogP contribution >= 0.6 is 11.8 Å². The summed E-state index contributed by atoms with van der Waals surface area (Å²) in [5.41, 5.74) is 0. The van der Waals surface area contributed by atoms with Crippen molar-refractivity contribution in [1.29, 1.82) is 0 Å². The standard InChI is InChI=1S/C9H17NOS/c1-2-8(3-5-11-4-1)10-9-6-12-7-9/h8-10H,1-7H2. The average molecular weight is 187 g/mol. The van der Waals surface area contributed by atoms with Crippen molar-refractivity contribution in [3.05, 3.63) is 0 Å². The molecule has 0 bridgehead atoms. The summed E-state index contributed by atoms with van der Waals surface area (Å²) in [5.74, 6) is 2.63. The molecule has 0 aromatic heterocycles. The van der Waals surface area contributed by atoms with E-state index >= 15 is 0 Å². The Labute approximate surface area is 78.4 Å². The van der Waals surface area contributed by atoms with Crippen molar-refractivity contribution in [1.82, 2.24) is 5.32 Å². The second-order valence-electron chi connectivity index (χ2n) is 3.64. The van der Waals surface area contributed by atoms with Crippen molar-refractivity contribution in [2.45, 2.75) is 31.3 Å². The van der Waals surface area contributed by atoms with E-state index in [1.165, 1.54) is 30.8 Å². The predicted octanol–water partition coefficient (Wildman–Crippen LogP) is 1.26. The molecule has 2 fully saturated rings. The van der Waals surface area contributed by atoms with E-state index in [1.54, 1.807) is 0 Å². The number of hydrogen-bond acceptors (Lipinski definition) is 3. The van der Waals surface area contributed by atoms with Crippen LogP contribution in [-0.2, 0) is 4.74 Å². The molecule has 0 radical (unpaired) electrons.